The summed E-state index contributed by atoms with van der Waals surface area (Å²) >= 11 is 0. The molecule has 0 aromatic heterocycles. The molecule has 0 aromatic carbocycles. The molecule has 100 valence electrons. The minimum absolute atomic E-state index is 0.0839. The minimum atomic E-state index is -3.29. The van der Waals surface area contributed by atoms with Crippen molar-refractivity contribution >= 4 is 10.2 Å². The van der Waals surface area contributed by atoms with Crippen LogP contribution in [-0.2, 0) is 10.2 Å². The van der Waals surface area contributed by atoms with Crippen LogP contribution in [0.2, 0.25) is 0 Å². The van der Waals surface area contributed by atoms with Crippen LogP contribution in [0.15, 0.2) is 0 Å². The maximum Gasteiger partial charge on any atom is 0.282 e. The van der Waals surface area contributed by atoms with Crippen LogP contribution in [0, 0.1) is 0 Å². The van der Waals surface area contributed by atoms with Crippen LogP contribution in [0.5, 0.6) is 0 Å². The first-order valence-electron chi connectivity index (χ1n) is 6.21. The van der Waals surface area contributed by atoms with Crippen LogP contribution < -0.4 is 5.73 Å². The molecule has 0 amide bonds. The largest absolute Gasteiger partial charge is 0.329 e. The molecule has 2 saturated heterocycles. The average Bonchev–Trinajstić information content (AvgIpc) is 2.82. The molecule has 0 aromatic rings. The molecule has 2 heterocycles. The molecule has 0 spiro atoms. The van der Waals surface area contributed by atoms with Crippen LogP contribution in [0.1, 0.15) is 12.8 Å². The fraction of sp³-hybridized carbons (Fsp3) is 1.00. The van der Waals surface area contributed by atoms with E-state index in [4.69, 9.17) is 5.73 Å². The van der Waals surface area contributed by atoms with E-state index < -0.39 is 10.2 Å². The minimum Gasteiger partial charge on any atom is -0.329 e. The molecule has 2 aliphatic heterocycles. The van der Waals surface area contributed by atoms with Gasteiger partial charge in [-0.3, -0.25) is 0 Å². The van der Waals surface area contributed by atoms with Crippen LogP contribution in [0.3, 0.4) is 0 Å². The van der Waals surface area contributed by atoms with Crippen molar-refractivity contribution in [3.63, 3.8) is 0 Å². The van der Waals surface area contributed by atoms with Gasteiger partial charge in [0, 0.05) is 39.3 Å². The first kappa shape index (κ1) is 13.2. The maximum atomic E-state index is 12.4. The van der Waals surface area contributed by atoms with Crippen molar-refractivity contribution in [3.8, 4) is 0 Å². The first-order chi connectivity index (χ1) is 8.05. The number of hydrogen-bond acceptors (Lipinski definition) is 4. The van der Waals surface area contributed by atoms with Crippen LogP contribution >= 0.6 is 0 Å². The number of nitrogens with zero attached hydrogens (tertiary/aromatic N) is 3. The molecule has 0 bridgehead atoms. The summed E-state index contributed by atoms with van der Waals surface area (Å²) in [6.45, 7) is 3.76. The van der Waals surface area contributed by atoms with Crippen molar-refractivity contribution in [2.75, 3.05) is 46.3 Å². The lowest BCUT2D eigenvalue weighted by molar-refractivity contribution is 0.157. The predicted octanol–water partition coefficient (Wildman–Crippen LogP) is -1.10. The van der Waals surface area contributed by atoms with E-state index in [0.717, 1.165) is 25.9 Å². The standard InChI is InChI=1S/C10H22N4O2S/c1-12-6-7-14(10(8-11)9-12)17(15,16)13-4-2-3-5-13/h10H,2-9,11H2,1H3. The summed E-state index contributed by atoms with van der Waals surface area (Å²) in [6, 6.07) is -0.0839. The highest BCUT2D eigenvalue weighted by Crippen LogP contribution is 2.20. The van der Waals surface area contributed by atoms with Gasteiger partial charge in [-0.25, -0.2) is 0 Å². The summed E-state index contributed by atoms with van der Waals surface area (Å²) in [6.07, 6.45) is 1.94. The molecular formula is C10H22N4O2S. The quantitative estimate of drug-likeness (QED) is 0.701. The summed E-state index contributed by atoms with van der Waals surface area (Å²) in [5, 5.41) is 0. The van der Waals surface area contributed by atoms with Crippen LogP contribution in [0.4, 0.5) is 0 Å². The zero-order chi connectivity index (χ0) is 12.5. The van der Waals surface area contributed by atoms with Gasteiger partial charge in [0.2, 0.25) is 0 Å². The Bertz CT molecular complexity index is 353. The van der Waals surface area contributed by atoms with E-state index in [1.54, 1.807) is 8.61 Å². The Kier molecular flexibility index (Phi) is 4.04. The molecule has 0 radical (unpaired) electrons. The van der Waals surface area contributed by atoms with E-state index in [9.17, 15) is 8.42 Å². The van der Waals surface area contributed by atoms with Gasteiger partial charge in [0.25, 0.3) is 10.2 Å². The molecule has 2 fully saturated rings. The van der Waals surface area contributed by atoms with Gasteiger partial charge in [0.1, 0.15) is 0 Å². The van der Waals surface area contributed by atoms with E-state index in [2.05, 4.69) is 4.90 Å². The monoisotopic (exact) mass is 262 g/mol. The second kappa shape index (κ2) is 5.19. The fourth-order valence-electron chi connectivity index (χ4n) is 2.56. The van der Waals surface area contributed by atoms with E-state index in [1.165, 1.54) is 0 Å². The normalized spacial score (nSPS) is 29.9. The van der Waals surface area contributed by atoms with E-state index in [-0.39, 0.29) is 6.04 Å². The Balaban J connectivity index is 2.13. The lowest BCUT2D eigenvalue weighted by Crippen LogP contribution is -2.59. The maximum absolute atomic E-state index is 12.4. The molecule has 0 aliphatic carbocycles. The van der Waals surface area contributed by atoms with Gasteiger partial charge < -0.3 is 10.6 Å². The first-order valence-corrected chi connectivity index (χ1v) is 7.61. The lowest BCUT2D eigenvalue weighted by Gasteiger charge is -2.40. The van der Waals surface area contributed by atoms with Gasteiger partial charge in [-0.2, -0.15) is 17.0 Å². The van der Waals surface area contributed by atoms with Crippen LogP contribution in [0.25, 0.3) is 0 Å². The van der Waals surface area contributed by atoms with E-state index in [1.807, 2.05) is 7.05 Å². The Morgan fingerprint density at radius 1 is 1.18 bits per heavy atom. The summed E-state index contributed by atoms with van der Waals surface area (Å²) in [5.74, 6) is 0. The zero-order valence-corrected chi connectivity index (χ0v) is 11.2. The summed E-state index contributed by atoms with van der Waals surface area (Å²) in [4.78, 5) is 2.13. The highest BCUT2D eigenvalue weighted by Gasteiger charge is 2.38. The fourth-order valence-corrected chi connectivity index (χ4v) is 4.42. The van der Waals surface area contributed by atoms with Crippen molar-refractivity contribution in [1.29, 1.82) is 0 Å². The number of piperazine rings is 1. The van der Waals surface area contributed by atoms with Crippen LogP contribution in [-0.4, -0.2) is 74.3 Å². The Hall–Kier alpha value is -0.210. The third-order valence-electron chi connectivity index (χ3n) is 3.59. The Labute approximate surface area is 104 Å². The van der Waals surface area contributed by atoms with Gasteiger partial charge in [-0.05, 0) is 19.9 Å². The van der Waals surface area contributed by atoms with E-state index >= 15 is 0 Å². The summed E-state index contributed by atoms with van der Waals surface area (Å²) in [7, 11) is -1.28. The van der Waals surface area contributed by atoms with Crippen molar-refractivity contribution < 1.29 is 8.42 Å². The highest BCUT2D eigenvalue weighted by molar-refractivity contribution is 7.86. The third kappa shape index (κ3) is 2.63. The van der Waals surface area contributed by atoms with Gasteiger partial charge in [-0.1, -0.05) is 0 Å². The molecule has 2 rings (SSSR count). The summed E-state index contributed by atoms with van der Waals surface area (Å²) in [5.41, 5.74) is 5.70. The molecule has 1 atom stereocenters. The zero-order valence-electron chi connectivity index (χ0n) is 10.4. The number of rotatable bonds is 3. The SMILES string of the molecule is CN1CCN(S(=O)(=O)N2CCCC2)C(CN)C1. The van der Waals surface area contributed by atoms with Gasteiger partial charge in [-0.15, -0.1) is 0 Å². The molecule has 1 unspecified atom stereocenters. The topological polar surface area (TPSA) is 69.9 Å². The van der Waals surface area contributed by atoms with Gasteiger partial charge >= 0.3 is 0 Å². The van der Waals surface area contributed by atoms with Crippen molar-refractivity contribution in [2.45, 2.75) is 18.9 Å². The van der Waals surface area contributed by atoms with Crippen molar-refractivity contribution in [3.05, 3.63) is 0 Å². The van der Waals surface area contributed by atoms with E-state index in [0.29, 0.717) is 26.2 Å². The highest BCUT2D eigenvalue weighted by atomic mass is 32.2. The van der Waals surface area contributed by atoms with Crippen molar-refractivity contribution in [2.24, 2.45) is 5.73 Å². The molecule has 6 nitrogen and oxygen atoms in total. The Morgan fingerprint density at radius 3 is 2.41 bits per heavy atom. The number of nitrogens with two attached hydrogens (primary N) is 1. The van der Waals surface area contributed by atoms with Gasteiger partial charge in [0.05, 0.1) is 6.04 Å². The second-order valence-electron chi connectivity index (χ2n) is 4.88. The molecular weight excluding hydrogens is 240 g/mol. The van der Waals surface area contributed by atoms with Gasteiger partial charge in [0.15, 0.2) is 0 Å². The number of hydrogen-bond donors (Lipinski definition) is 1. The Morgan fingerprint density at radius 2 is 1.82 bits per heavy atom. The predicted molar refractivity (Wildman–Crippen MR) is 66.8 cm³/mol. The third-order valence-corrected chi connectivity index (χ3v) is 5.68. The molecule has 0 saturated carbocycles. The lowest BCUT2D eigenvalue weighted by atomic mass is 10.2. The molecule has 7 heteroatoms. The molecule has 2 N–H and O–H groups in total. The second-order valence-corrected chi connectivity index (χ2v) is 6.76. The molecule has 17 heavy (non-hydrogen) atoms. The molecule has 2 aliphatic rings. The summed E-state index contributed by atoms with van der Waals surface area (Å²) < 4.78 is 28.1. The average molecular weight is 262 g/mol. The smallest absolute Gasteiger partial charge is 0.282 e. The van der Waals surface area contributed by atoms with Crippen molar-refractivity contribution in [1.82, 2.24) is 13.5 Å². The number of likely N-dealkylation sites (N-methyl/N-ethyl adjacent to an activating group) is 1.